The first kappa shape index (κ1) is 9.57. The van der Waals surface area contributed by atoms with E-state index in [1.807, 2.05) is 0 Å². The highest BCUT2D eigenvalue weighted by molar-refractivity contribution is 5.86. The van der Waals surface area contributed by atoms with E-state index in [-0.39, 0.29) is 16.7 Å². The summed E-state index contributed by atoms with van der Waals surface area (Å²) in [6.07, 6.45) is -2.61. The fraction of sp³-hybridized carbons (Fsp3) is 0.111. The Morgan fingerprint density at radius 2 is 2.20 bits per heavy atom. The summed E-state index contributed by atoms with van der Waals surface area (Å²) in [5, 5.41) is 8.56. The maximum atomic E-state index is 12.3. The highest BCUT2D eigenvalue weighted by Gasteiger charge is 2.14. The first-order valence-corrected chi connectivity index (χ1v) is 4.00. The van der Waals surface area contributed by atoms with E-state index in [9.17, 15) is 13.6 Å². The molecule has 15 heavy (non-hydrogen) atoms. The van der Waals surface area contributed by atoms with Crippen LogP contribution in [0.2, 0.25) is 0 Å². The van der Waals surface area contributed by atoms with Crippen molar-refractivity contribution in [2.24, 2.45) is 0 Å². The summed E-state index contributed by atoms with van der Waals surface area (Å²) in [7, 11) is 0. The number of carboxylic acids is 1. The van der Waals surface area contributed by atoms with Crippen LogP contribution in [0, 0.1) is 0 Å². The second kappa shape index (κ2) is 3.30. The van der Waals surface area contributed by atoms with Crippen molar-refractivity contribution < 1.29 is 23.1 Å². The molecule has 1 aromatic heterocycles. The number of hydrogen-bond donors (Lipinski definition) is 1. The number of nitrogens with zero attached hydrogens (tertiary/aromatic N) is 1. The predicted octanol–water partition coefficient (Wildman–Crippen LogP) is 2.46. The normalized spacial score (nSPS) is 11.1. The quantitative estimate of drug-likeness (QED) is 0.832. The van der Waals surface area contributed by atoms with E-state index in [4.69, 9.17) is 9.52 Å². The lowest BCUT2D eigenvalue weighted by Crippen LogP contribution is -1.94. The Labute approximate surface area is 82.1 Å². The van der Waals surface area contributed by atoms with E-state index in [0.717, 1.165) is 6.07 Å². The molecule has 0 spiro atoms. The van der Waals surface area contributed by atoms with Crippen LogP contribution in [0.1, 0.15) is 22.7 Å². The van der Waals surface area contributed by atoms with Gasteiger partial charge < -0.3 is 9.52 Å². The third-order valence-electron chi connectivity index (χ3n) is 1.85. The van der Waals surface area contributed by atoms with Gasteiger partial charge in [0, 0.05) is 5.56 Å². The average Bonchev–Trinajstić information content (AvgIpc) is 2.59. The molecule has 0 aliphatic carbocycles. The zero-order valence-electron chi connectivity index (χ0n) is 7.28. The highest BCUT2D eigenvalue weighted by Crippen LogP contribution is 2.23. The Balaban J connectivity index is 2.57. The second-order valence-corrected chi connectivity index (χ2v) is 2.85. The number of fused-ring (bicyclic) bond motifs is 1. The zero-order valence-corrected chi connectivity index (χ0v) is 7.28. The molecule has 1 N–H and O–H groups in total. The molecule has 0 atom stereocenters. The molecule has 6 heteroatoms. The van der Waals surface area contributed by atoms with Crippen molar-refractivity contribution in [1.29, 1.82) is 0 Å². The van der Waals surface area contributed by atoms with Crippen molar-refractivity contribution in [2.45, 2.75) is 6.43 Å². The molecule has 2 aromatic rings. The molecule has 0 saturated heterocycles. The highest BCUT2D eigenvalue weighted by atomic mass is 19.3. The Morgan fingerprint density at radius 1 is 1.47 bits per heavy atom. The maximum Gasteiger partial charge on any atom is 0.392 e. The van der Waals surface area contributed by atoms with Gasteiger partial charge in [-0.25, -0.2) is 18.6 Å². The molecule has 0 aliphatic rings. The first-order valence-electron chi connectivity index (χ1n) is 4.00. The van der Waals surface area contributed by atoms with E-state index < -0.39 is 18.3 Å². The van der Waals surface area contributed by atoms with Gasteiger partial charge in [0.15, 0.2) is 5.58 Å². The van der Waals surface area contributed by atoms with Gasteiger partial charge in [-0.05, 0) is 18.2 Å². The fourth-order valence-electron chi connectivity index (χ4n) is 1.17. The molecule has 0 radical (unpaired) electrons. The minimum atomic E-state index is -2.61. The van der Waals surface area contributed by atoms with Crippen LogP contribution in [-0.2, 0) is 0 Å². The molecular formula is C9H5F2NO3. The van der Waals surface area contributed by atoms with Gasteiger partial charge >= 0.3 is 11.9 Å². The Morgan fingerprint density at radius 3 is 2.80 bits per heavy atom. The third kappa shape index (κ3) is 1.65. The summed E-state index contributed by atoms with van der Waals surface area (Å²) in [6.45, 7) is 0. The van der Waals surface area contributed by atoms with Gasteiger partial charge in [0.1, 0.15) is 5.52 Å². The van der Waals surface area contributed by atoms with Gasteiger partial charge in [-0.15, -0.1) is 0 Å². The van der Waals surface area contributed by atoms with Gasteiger partial charge in [0.05, 0.1) is 0 Å². The standard InChI is InChI=1S/C9H5F2NO3/c10-7(11)4-1-2-6-5(3-4)12-8(15-6)9(13)14/h1-3,7H,(H,13,14). The van der Waals surface area contributed by atoms with Gasteiger partial charge in [-0.2, -0.15) is 0 Å². The number of rotatable bonds is 2. The molecule has 2 rings (SSSR count). The number of benzene rings is 1. The van der Waals surface area contributed by atoms with Crippen LogP contribution < -0.4 is 0 Å². The van der Waals surface area contributed by atoms with E-state index in [1.165, 1.54) is 12.1 Å². The van der Waals surface area contributed by atoms with E-state index in [1.54, 1.807) is 0 Å². The van der Waals surface area contributed by atoms with Gasteiger partial charge in [-0.3, -0.25) is 0 Å². The minimum Gasteiger partial charge on any atom is -0.474 e. The lowest BCUT2D eigenvalue weighted by molar-refractivity contribution is 0.0656. The van der Waals surface area contributed by atoms with E-state index in [2.05, 4.69) is 4.98 Å². The summed E-state index contributed by atoms with van der Waals surface area (Å²) < 4.78 is 29.4. The molecule has 0 bridgehead atoms. The van der Waals surface area contributed by atoms with Gasteiger partial charge in [0.25, 0.3) is 6.43 Å². The molecule has 0 saturated carbocycles. The SMILES string of the molecule is O=C(O)c1nc2cc(C(F)F)ccc2o1. The van der Waals surface area contributed by atoms with Crippen molar-refractivity contribution in [1.82, 2.24) is 4.98 Å². The largest absolute Gasteiger partial charge is 0.474 e. The average molecular weight is 213 g/mol. The number of oxazole rings is 1. The Kier molecular flexibility index (Phi) is 2.11. The molecule has 4 nitrogen and oxygen atoms in total. The van der Waals surface area contributed by atoms with Crippen LogP contribution in [0.3, 0.4) is 0 Å². The summed E-state index contributed by atoms with van der Waals surface area (Å²) in [5.41, 5.74) is 0.0785. The van der Waals surface area contributed by atoms with E-state index >= 15 is 0 Å². The second-order valence-electron chi connectivity index (χ2n) is 2.85. The Bertz CT molecular complexity index is 521. The molecule has 1 heterocycles. The first-order chi connectivity index (χ1) is 7.08. The fourth-order valence-corrected chi connectivity index (χ4v) is 1.17. The molecule has 0 fully saturated rings. The van der Waals surface area contributed by atoms with Crippen molar-refractivity contribution in [3.63, 3.8) is 0 Å². The number of carboxylic acid groups (broad SMARTS) is 1. The number of halogens is 2. The molecule has 1 aromatic carbocycles. The van der Waals surface area contributed by atoms with Crippen LogP contribution in [0.5, 0.6) is 0 Å². The summed E-state index contributed by atoms with van der Waals surface area (Å²) in [4.78, 5) is 14.0. The smallest absolute Gasteiger partial charge is 0.392 e. The zero-order chi connectivity index (χ0) is 11.0. The van der Waals surface area contributed by atoms with Crippen LogP contribution in [0.15, 0.2) is 22.6 Å². The monoisotopic (exact) mass is 213 g/mol. The number of carbonyl (C=O) groups is 1. The maximum absolute atomic E-state index is 12.3. The minimum absolute atomic E-state index is 0.116. The molecule has 78 valence electrons. The molecular weight excluding hydrogens is 208 g/mol. The summed E-state index contributed by atoms with van der Waals surface area (Å²) in [5.74, 6) is -1.83. The molecule has 0 unspecified atom stereocenters. The molecule has 0 aliphatic heterocycles. The summed E-state index contributed by atoms with van der Waals surface area (Å²) >= 11 is 0. The number of alkyl halides is 2. The summed E-state index contributed by atoms with van der Waals surface area (Å²) in [6, 6.07) is 3.55. The molecule has 0 amide bonds. The van der Waals surface area contributed by atoms with Crippen molar-refractivity contribution in [3.8, 4) is 0 Å². The van der Waals surface area contributed by atoms with Crippen molar-refractivity contribution in [2.75, 3.05) is 0 Å². The van der Waals surface area contributed by atoms with Crippen LogP contribution >= 0.6 is 0 Å². The topological polar surface area (TPSA) is 63.3 Å². The number of aromatic carboxylic acids is 1. The van der Waals surface area contributed by atoms with Gasteiger partial charge in [-0.1, -0.05) is 0 Å². The van der Waals surface area contributed by atoms with E-state index in [0.29, 0.717) is 0 Å². The predicted molar refractivity (Wildman–Crippen MR) is 45.9 cm³/mol. The van der Waals surface area contributed by atoms with Crippen LogP contribution in [0.4, 0.5) is 8.78 Å². The third-order valence-corrected chi connectivity index (χ3v) is 1.85. The Hall–Kier alpha value is -1.98. The van der Waals surface area contributed by atoms with Gasteiger partial charge in [0.2, 0.25) is 0 Å². The van der Waals surface area contributed by atoms with Crippen LogP contribution in [-0.4, -0.2) is 16.1 Å². The number of hydrogen-bond acceptors (Lipinski definition) is 3. The van der Waals surface area contributed by atoms with Crippen molar-refractivity contribution >= 4 is 17.1 Å². The van der Waals surface area contributed by atoms with Crippen LogP contribution in [0.25, 0.3) is 11.1 Å². The lowest BCUT2D eigenvalue weighted by Gasteiger charge is -1.96. The lowest BCUT2D eigenvalue weighted by atomic mass is 10.2. The number of aromatic nitrogens is 1. The van der Waals surface area contributed by atoms with Crippen molar-refractivity contribution in [3.05, 3.63) is 29.7 Å².